The average molecular weight is 331 g/mol. The van der Waals surface area contributed by atoms with Crippen molar-refractivity contribution in [3.05, 3.63) is 58.6 Å². The number of ether oxygens (including phenoxy) is 1. The van der Waals surface area contributed by atoms with Crippen LogP contribution in [0.15, 0.2) is 42.5 Å². The third kappa shape index (κ3) is 4.88. The lowest BCUT2D eigenvalue weighted by Gasteiger charge is -2.15. The van der Waals surface area contributed by atoms with E-state index in [-0.39, 0.29) is 12.6 Å². The molecule has 0 bridgehead atoms. The van der Waals surface area contributed by atoms with Crippen molar-refractivity contribution in [2.75, 3.05) is 11.9 Å². The Morgan fingerprint density at radius 1 is 1.22 bits per heavy atom. The van der Waals surface area contributed by atoms with Crippen LogP contribution in [0.3, 0.4) is 0 Å². The molecule has 0 aliphatic carbocycles. The van der Waals surface area contributed by atoms with Crippen LogP contribution in [0.4, 0.5) is 5.69 Å². The molecule has 2 rings (SSSR count). The minimum atomic E-state index is -0.700. The predicted octanol–water partition coefficient (Wildman–Crippen LogP) is 4.14. The van der Waals surface area contributed by atoms with Crippen molar-refractivity contribution in [1.82, 2.24) is 0 Å². The van der Waals surface area contributed by atoms with E-state index in [2.05, 4.69) is 11.4 Å². The SMILES string of the molecule is CC(C)Oc1ccc(C(O)CNc2cc(Cl)ccc2C#N)cc1. The molecule has 0 radical (unpaired) electrons. The van der Waals surface area contributed by atoms with Crippen LogP contribution in [-0.2, 0) is 0 Å². The van der Waals surface area contributed by atoms with Crippen LogP contribution in [0.2, 0.25) is 5.02 Å². The van der Waals surface area contributed by atoms with Gasteiger partial charge in [-0.25, -0.2) is 0 Å². The van der Waals surface area contributed by atoms with Gasteiger partial charge in [0.1, 0.15) is 11.8 Å². The van der Waals surface area contributed by atoms with Gasteiger partial charge in [0.05, 0.1) is 23.5 Å². The Kier molecular flexibility index (Phi) is 5.86. The number of aliphatic hydroxyl groups excluding tert-OH is 1. The Hall–Kier alpha value is -2.22. The number of benzene rings is 2. The molecule has 0 heterocycles. The van der Waals surface area contributed by atoms with Crippen molar-refractivity contribution < 1.29 is 9.84 Å². The standard InChI is InChI=1S/C18H19ClN2O2/c1-12(2)23-16-7-4-13(5-8-16)18(22)11-21-17-9-15(19)6-3-14(17)10-20/h3-9,12,18,21-22H,11H2,1-2H3. The van der Waals surface area contributed by atoms with Crippen molar-refractivity contribution in [3.63, 3.8) is 0 Å². The quantitative estimate of drug-likeness (QED) is 0.835. The van der Waals surface area contributed by atoms with E-state index in [1.165, 1.54) is 0 Å². The molecule has 0 aliphatic heterocycles. The number of nitrogens with one attached hydrogen (secondary N) is 1. The van der Waals surface area contributed by atoms with Gasteiger partial charge in [0.15, 0.2) is 0 Å². The second-order valence-electron chi connectivity index (χ2n) is 5.43. The molecule has 0 spiro atoms. The summed E-state index contributed by atoms with van der Waals surface area (Å²) in [5.74, 6) is 0.769. The maximum absolute atomic E-state index is 10.3. The van der Waals surface area contributed by atoms with Crippen LogP contribution in [0.25, 0.3) is 0 Å². The van der Waals surface area contributed by atoms with Crippen LogP contribution < -0.4 is 10.1 Å². The maximum Gasteiger partial charge on any atom is 0.119 e. The first-order valence-corrected chi connectivity index (χ1v) is 7.75. The summed E-state index contributed by atoms with van der Waals surface area (Å²) in [5, 5.41) is 23.0. The van der Waals surface area contributed by atoms with Gasteiger partial charge in [-0.3, -0.25) is 0 Å². The van der Waals surface area contributed by atoms with Crippen molar-refractivity contribution >= 4 is 17.3 Å². The first-order chi connectivity index (χ1) is 11.0. The molecule has 0 amide bonds. The third-order valence-electron chi connectivity index (χ3n) is 3.22. The molecule has 5 heteroatoms. The predicted molar refractivity (Wildman–Crippen MR) is 91.8 cm³/mol. The number of halogens is 1. The van der Waals surface area contributed by atoms with E-state index < -0.39 is 6.10 Å². The molecule has 0 fully saturated rings. The second kappa shape index (κ2) is 7.87. The molecule has 23 heavy (non-hydrogen) atoms. The highest BCUT2D eigenvalue weighted by Crippen LogP contribution is 2.23. The molecule has 0 aromatic heterocycles. The van der Waals surface area contributed by atoms with E-state index in [4.69, 9.17) is 21.6 Å². The number of hydrogen-bond donors (Lipinski definition) is 2. The lowest BCUT2D eigenvalue weighted by Crippen LogP contribution is -2.13. The van der Waals surface area contributed by atoms with Gasteiger partial charge >= 0.3 is 0 Å². The maximum atomic E-state index is 10.3. The summed E-state index contributed by atoms with van der Waals surface area (Å²) in [5.41, 5.74) is 1.87. The first-order valence-electron chi connectivity index (χ1n) is 7.38. The minimum Gasteiger partial charge on any atom is -0.491 e. The van der Waals surface area contributed by atoms with Gasteiger partial charge in [-0.05, 0) is 49.7 Å². The lowest BCUT2D eigenvalue weighted by atomic mass is 10.1. The van der Waals surface area contributed by atoms with E-state index >= 15 is 0 Å². The number of anilines is 1. The largest absolute Gasteiger partial charge is 0.491 e. The fourth-order valence-electron chi connectivity index (χ4n) is 2.13. The van der Waals surface area contributed by atoms with Crippen LogP contribution in [0, 0.1) is 11.3 Å². The molecule has 2 N–H and O–H groups in total. The Balaban J connectivity index is 2.01. The summed E-state index contributed by atoms with van der Waals surface area (Å²) >= 11 is 5.94. The van der Waals surface area contributed by atoms with Crippen molar-refractivity contribution in [1.29, 1.82) is 5.26 Å². The zero-order valence-electron chi connectivity index (χ0n) is 13.1. The molecular formula is C18H19ClN2O2. The molecule has 0 aliphatic rings. The molecule has 2 aromatic carbocycles. The summed E-state index contributed by atoms with van der Waals surface area (Å²) < 4.78 is 5.57. The van der Waals surface area contributed by atoms with Crippen LogP contribution in [0.5, 0.6) is 5.75 Å². The summed E-state index contributed by atoms with van der Waals surface area (Å²) in [6.07, 6.45) is -0.590. The van der Waals surface area contributed by atoms with E-state index in [9.17, 15) is 5.11 Å². The monoisotopic (exact) mass is 330 g/mol. The molecule has 2 aromatic rings. The Morgan fingerprint density at radius 2 is 1.91 bits per heavy atom. The van der Waals surface area contributed by atoms with E-state index in [1.54, 1.807) is 18.2 Å². The first kappa shape index (κ1) is 17.1. The van der Waals surface area contributed by atoms with E-state index in [0.29, 0.717) is 16.3 Å². The van der Waals surface area contributed by atoms with E-state index in [0.717, 1.165) is 11.3 Å². The molecule has 120 valence electrons. The van der Waals surface area contributed by atoms with Gasteiger partial charge in [0.2, 0.25) is 0 Å². The molecule has 0 saturated carbocycles. The Morgan fingerprint density at radius 3 is 2.52 bits per heavy atom. The summed E-state index contributed by atoms with van der Waals surface area (Å²) in [7, 11) is 0. The highest BCUT2D eigenvalue weighted by atomic mass is 35.5. The zero-order chi connectivity index (χ0) is 16.8. The number of rotatable bonds is 6. The van der Waals surface area contributed by atoms with Gasteiger partial charge in [-0.15, -0.1) is 0 Å². The average Bonchev–Trinajstić information content (AvgIpc) is 2.53. The van der Waals surface area contributed by atoms with Crippen molar-refractivity contribution in [2.45, 2.75) is 26.1 Å². The summed E-state index contributed by atoms with van der Waals surface area (Å²) in [6, 6.07) is 14.4. The van der Waals surface area contributed by atoms with Gasteiger partial charge in [0, 0.05) is 11.6 Å². The molecule has 1 unspecified atom stereocenters. The molecular weight excluding hydrogens is 312 g/mol. The normalized spacial score (nSPS) is 11.8. The van der Waals surface area contributed by atoms with Crippen molar-refractivity contribution in [2.24, 2.45) is 0 Å². The molecule has 4 nitrogen and oxygen atoms in total. The second-order valence-corrected chi connectivity index (χ2v) is 5.87. The summed E-state index contributed by atoms with van der Waals surface area (Å²) in [6.45, 7) is 4.20. The van der Waals surface area contributed by atoms with Crippen molar-refractivity contribution in [3.8, 4) is 11.8 Å². The van der Waals surface area contributed by atoms with Crippen LogP contribution >= 0.6 is 11.6 Å². The number of nitrogens with zero attached hydrogens (tertiary/aromatic N) is 1. The third-order valence-corrected chi connectivity index (χ3v) is 3.46. The smallest absolute Gasteiger partial charge is 0.119 e. The fraction of sp³-hybridized carbons (Fsp3) is 0.278. The Bertz CT molecular complexity index is 693. The molecule has 1 atom stereocenters. The lowest BCUT2D eigenvalue weighted by molar-refractivity contribution is 0.191. The number of hydrogen-bond acceptors (Lipinski definition) is 4. The van der Waals surface area contributed by atoms with Gasteiger partial charge in [-0.2, -0.15) is 5.26 Å². The van der Waals surface area contributed by atoms with Gasteiger partial charge in [0.25, 0.3) is 0 Å². The highest BCUT2D eigenvalue weighted by molar-refractivity contribution is 6.30. The number of nitriles is 1. The van der Waals surface area contributed by atoms with Gasteiger partial charge in [-0.1, -0.05) is 23.7 Å². The minimum absolute atomic E-state index is 0.111. The highest BCUT2D eigenvalue weighted by Gasteiger charge is 2.10. The fourth-order valence-corrected chi connectivity index (χ4v) is 2.30. The molecule has 0 saturated heterocycles. The summed E-state index contributed by atoms with van der Waals surface area (Å²) in [4.78, 5) is 0. The van der Waals surface area contributed by atoms with Crippen LogP contribution in [0.1, 0.15) is 31.1 Å². The number of aliphatic hydroxyl groups is 1. The van der Waals surface area contributed by atoms with Crippen LogP contribution in [-0.4, -0.2) is 17.8 Å². The van der Waals surface area contributed by atoms with E-state index in [1.807, 2.05) is 38.1 Å². The Labute approximate surface area is 141 Å². The zero-order valence-corrected chi connectivity index (χ0v) is 13.8. The topological polar surface area (TPSA) is 65.3 Å². The van der Waals surface area contributed by atoms with Gasteiger partial charge < -0.3 is 15.2 Å².